The van der Waals surface area contributed by atoms with Gasteiger partial charge in [-0.1, -0.05) is 13.3 Å². The number of amides is 1. The second-order valence-electron chi connectivity index (χ2n) is 5.13. The van der Waals surface area contributed by atoms with Crippen LogP contribution in [0.4, 0.5) is 0 Å². The Bertz CT molecular complexity index is 622. The molecule has 1 N–H and O–H groups in total. The molecule has 0 unspecified atom stereocenters. The van der Waals surface area contributed by atoms with E-state index >= 15 is 0 Å². The van der Waals surface area contributed by atoms with E-state index in [-0.39, 0.29) is 29.0 Å². The average Bonchev–Trinajstić information content (AvgIpc) is 2.44. The summed E-state index contributed by atoms with van der Waals surface area (Å²) in [6.45, 7) is 3.54. The first-order chi connectivity index (χ1) is 10.2. The summed E-state index contributed by atoms with van der Waals surface area (Å²) in [5, 5.41) is 2.72. The zero-order valence-corrected chi connectivity index (χ0v) is 13.8. The summed E-state index contributed by atoms with van der Waals surface area (Å²) in [5.41, 5.74) is 0.196. The largest absolute Gasteiger partial charge is 0.452 e. The summed E-state index contributed by atoms with van der Waals surface area (Å²) in [6.07, 6.45) is 2.89. The van der Waals surface area contributed by atoms with E-state index in [2.05, 4.69) is 5.32 Å². The minimum atomic E-state index is -3.31. The average molecular weight is 327 g/mol. The Labute approximate surface area is 130 Å². The quantitative estimate of drug-likeness (QED) is 0.768. The summed E-state index contributed by atoms with van der Waals surface area (Å²) >= 11 is 0. The van der Waals surface area contributed by atoms with Gasteiger partial charge in [0.05, 0.1) is 10.5 Å². The van der Waals surface area contributed by atoms with Crippen LogP contribution in [0.1, 0.15) is 37.0 Å². The maximum atomic E-state index is 11.8. The molecule has 0 saturated carbocycles. The molecule has 1 amide bonds. The summed E-state index contributed by atoms with van der Waals surface area (Å²) in [6, 6.07) is 5.40. The van der Waals surface area contributed by atoms with Gasteiger partial charge >= 0.3 is 5.97 Å². The van der Waals surface area contributed by atoms with E-state index in [9.17, 15) is 18.0 Å². The molecule has 122 valence electrons. The van der Waals surface area contributed by atoms with Gasteiger partial charge in [0.25, 0.3) is 5.91 Å². The van der Waals surface area contributed by atoms with Crippen LogP contribution in [0.3, 0.4) is 0 Å². The molecule has 22 heavy (non-hydrogen) atoms. The summed E-state index contributed by atoms with van der Waals surface area (Å²) < 4.78 is 27.5. The van der Waals surface area contributed by atoms with Crippen molar-refractivity contribution in [2.45, 2.75) is 37.6 Å². The van der Waals surface area contributed by atoms with Crippen molar-refractivity contribution >= 4 is 21.7 Å². The van der Waals surface area contributed by atoms with Gasteiger partial charge in [0.1, 0.15) is 0 Å². The molecule has 1 aromatic carbocycles. The highest BCUT2D eigenvalue weighted by molar-refractivity contribution is 7.90. The van der Waals surface area contributed by atoms with Crippen molar-refractivity contribution in [1.82, 2.24) is 5.32 Å². The number of hydrogen-bond donors (Lipinski definition) is 1. The van der Waals surface area contributed by atoms with Gasteiger partial charge in [-0.05, 0) is 37.6 Å². The van der Waals surface area contributed by atoms with Gasteiger partial charge in [0, 0.05) is 12.3 Å². The van der Waals surface area contributed by atoms with Gasteiger partial charge in [-0.15, -0.1) is 0 Å². The zero-order valence-electron chi connectivity index (χ0n) is 13.0. The van der Waals surface area contributed by atoms with Crippen LogP contribution in [-0.2, 0) is 19.4 Å². The fraction of sp³-hybridized carbons (Fsp3) is 0.467. The second-order valence-corrected chi connectivity index (χ2v) is 7.15. The predicted octanol–water partition coefficient (Wildman–Crippen LogP) is 1.55. The molecule has 0 aliphatic rings. The molecule has 0 bridgehead atoms. The van der Waals surface area contributed by atoms with E-state index in [0.717, 1.165) is 19.1 Å². The van der Waals surface area contributed by atoms with Crippen molar-refractivity contribution in [2.24, 2.45) is 0 Å². The van der Waals surface area contributed by atoms with Gasteiger partial charge in [0.15, 0.2) is 16.4 Å². The Kier molecular flexibility index (Phi) is 6.55. The smallest absolute Gasteiger partial charge is 0.338 e. The lowest BCUT2D eigenvalue weighted by atomic mass is 10.2. The van der Waals surface area contributed by atoms with E-state index in [4.69, 9.17) is 4.74 Å². The van der Waals surface area contributed by atoms with Gasteiger partial charge in [-0.2, -0.15) is 0 Å². The van der Waals surface area contributed by atoms with Crippen molar-refractivity contribution in [3.05, 3.63) is 29.8 Å². The topological polar surface area (TPSA) is 89.5 Å². The molecule has 1 rings (SSSR count). The first-order valence-corrected chi connectivity index (χ1v) is 8.89. The number of rotatable bonds is 7. The molecular weight excluding hydrogens is 306 g/mol. The van der Waals surface area contributed by atoms with Crippen molar-refractivity contribution in [3.8, 4) is 0 Å². The molecule has 0 heterocycles. The molecular formula is C15H21NO5S. The number of benzene rings is 1. The number of nitrogens with one attached hydrogen (secondary N) is 1. The van der Waals surface area contributed by atoms with Crippen molar-refractivity contribution in [2.75, 3.05) is 12.9 Å². The Morgan fingerprint density at radius 3 is 2.32 bits per heavy atom. The Balaban J connectivity index is 2.54. The predicted molar refractivity (Wildman–Crippen MR) is 82.3 cm³/mol. The number of sulfone groups is 1. The minimum Gasteiger partial charge on any atom is -0.452 e. The normalized spacial score (nSPS) is 12.5. The highest BCUT2D eigenvalue weighted by Crippen LogP contribution is 2.11. The van der Waals surface area contributed by atoms with E-state index in [1.165, 1.54) is 24.3 Å². The highest BCUT2D eigenvalue weighted by atomic mass is 32.2. The molecule has 7 heteroatoms. The van der Waals surface area contributed by atoms with Crippen LogP contribution in [0.2, 0.25) is 0 Å². The van der Waals surface area contributed by atoms with Crippen LogP contribution in [-0.4, -0.2) is 39.2 Å². The molecule has 1 atom stereocenters. The Hall–Kier alpha value is -1.89. The first-order valence-electron chi connectivity index (χ1n) is 7.00. The third-order valence-electron chi connectivity index (χ3n) is 2.98. The molecule has 0 fully saturated rings. The summed E-state index contributed by atoms with van der Waals surface area (Å²) in [7, 11) is -3.31. The van der Waals surface area contributed by atoms with Gasteiger partial charge in [-0.3, -0.25) is 4.79 Å². The molecule has 6 nitrogen and oxygen atoms in total. The van der Waals surface area contributed by atoms with Crippen LogP contribution in [0.5, 0.6) is 0 Å². The molecule has 0 aromatic heterocycles. The number of hydrogen-bond acceptors (Lipinski definition) is 5. The fourth-order valence-electron chi connectivity index (χ4n) is 1.87. The zero-order chi connectivity index (χ0) is 16.8. The maximum absolute atomic E-state index is 11.8. The number of carbonyl (C=O) groups is 2. The molecule has 0 radical (unpaired) electrons. The highest BCUT2D eigenvalue weighted by Gasteiger charge is 2.13. The lowest BCUT2D eigenvalue weighted by molar-refractivity contribution is -0.124. The van der Waals surface area contributed by atoms with Crippen molar-refractivity contribution < 1.29 is 22.7 Å². The van der Waals surface area contributed by atoms with Gasteiger partial charge in [-0.25, -0.2) is 13.2 Å². The second kappa shape index (κ2) is 7.93. The maximum Gasteiger partial charge on any atom is 0.338 e. The van der Waals surface area contributed by atoms with Crippen LogP contribution in [0, 0.1) is 0 Å². The fourth-order valence-corrected chi connectivity index (χ4v) is 2.50. The van der Waals surface area contributed by atoms with Crippen molar-refractivity contribution in [1.29, 1.82) is 0 Å². The van der Waals surface area contributed by atoms with Crippen LogP contribution in [0.15, 0.2) is 29.2 Å². The molecule has 0 aliphatic carbocycles. The van der Waals surface area contributed by atoms with Crippen LogP contribution in [0.25, 0.3) is 0 Å². The number of carbonyl (C=O) groups excluding carboxylic acids is 2. The molecule has 1 aromatic rings. The van der Waals surface area contributed by atoms with E-state index in [0.29, 0.717) is 0 Å². The van der Waals surface area contributed by atoms with E-state index in [1.807, 2.05) is 13.8 Å². The molecule has 0 aliphatic heterocycles. The Morgan fingerprint density at radius 1 is 1.23 bits per heavy atom. The lowest BCUT2D eigenvalue weighted by Crippen LogP contribution is -2.35. The summed E-state index contributed by atoms with van der Waals surface area (Å²) in [5.74, 6) is -1.03. The number of ether oxygens (including phenoxy) is 1. The molecule has 0 spiro atoms. The van der Waals surface area contributed by atoms with Gasteiger partial charge < -0.3 is 10.1 Å². The summed E-state index contributed by atoms with van der Waals surface area (Å²) in [4.78, 5) is 23.5. The van der Waals surface area contributed by atoms with Crippen molar-refractivity contribution in [3.63, 3.8) is 0 Å². The third-order valence-corrected chi connectivity index (χ3v) is 4.11. The Morgan fingerprint density at radius 2 is 1.82 bits per heavy atom. The lowest BCUT2D eigenvalue weighted by Gasteiger charge is -2.12. The van der Waals surface area contributed by atoms with E-state index in [1.54, 1.807) is 0 Å². The van der Waals surface area contributed by atoms with Crippen LogP contribution >= 0.6 is 0 Å². The first kappa shape index (κ1) is 18.2. The van der Waals surface area contributed by atoms with E-state index < -0.39 is 15.8 Å². The van der Waals surface area contributed by atoms with Crippen LogP contribution < -0.4 is 5.32 Å². The SMILES string of the molecule is CCC[C@H](C)NC(=O)COC(=O)c1ccc(S(C)(=O)=O)cc1. The third kappa shape index (κ3) is 5.85. The number of esters is 1. The minimum absolute atomic E-state index is 0.0326. The standard InChI is InChI=1S/C15H21NO5S/c1-4-5-11(2)16-14(17)10-21-15(18)12-6-8-13(9-7-12)22(3,19)20/h6-9,11H,4-5,10H2,1-3H3,(H,16,17)/t11-/m0/s1. The molecule has 0 saturated heterocycles. The monoisotopic (exact) mass is 327 g/mol. The van der Waals surface area contributed by atoms with Gasteiger partial charge in [0.2, 0.25) is 0 Å².